The number of nitrogens with zero attached hydrogens (tertiary/aromatic N) is 1. The summed E-state index contributed by atoms with van der Waals surface area (Å²) in [6.07, 6.45) is 4.74. The van der Waals surface area contributed by atoms with Crippen LogP contribution in [-0.4, -0.2) is 52.0 Å². The maximum atomic E-state index is 12.6. The first-order chi connectivity index (χ1) is 15.0. The van der Waals surface area contributed by atoms with E-state index in [4.69, 9.17) is 4.74 Å². The number of piperidine rings is 1. The van der Waals surface area contributed by atoms with Crippen molar-refractivity contribution < 1.29 is 17.9 Å². The third kappa shape index (κ3) is 6.97. The Morgan fingerprint density at radius 3 is 2.32 bits per heavy atom. The van der Waals surface area contributed by atoms with Crippen molar-refractivity contribution in [2.75, 3.05) is 37.5 Å². The van der Waals surface area contributed by atoms with Gasteiger partial charge < -0.3 is 15.0 Å². The Labute approximate surface area is 184 Å². The fourth-order valence-corrected chi connectivity index (χ4v) is 4.63. The van der Waals surface area contributed by atoms with Gasteiger partial charge in [0, 0.05) is 17.8 Å². The zero-order chi connectivity index (χ0) is 22.1. The van der Waals surface area contributed by atoms with Crippen LogP contribution in [0, 0.1) is 0 Å². The number of ether oxygens (including phenoxy) is 1. The summed E-state index contributed by atoms with van der Waals surface area (Å²) in [4.78, 5) is 14.9. The standard InChI is InChI=1S/C23H31N3O4S/c1-2-30-21-11-9-20(10-12-21)25-31(28,29)22-13-7-19(8-14-22)23(27)24-15-6-18-26-16-4-3-5-17-26/h7-14,25H,2-6,15-18H2,1H3,(H,24,27). The maximum absolute atomic E-state index is 12.6. The van der Waals surface area contributed by atoms with Crippen molar-refractivity contribution in [2.45, 2.75) is 37.5 Å². The summed E-state index contributed by atoms with van der Waals surface area (Å²) in [6, 6.07) is 12.7. The number of anilines is 1. The molecule has 1 amide bonds. The predicted molar refractivity (Wildman–Crippen MR) is 122 cm³/mol. The largest absolute Gasteiger partial charge is 0.494 e. The van der Waals surface area contributed by atoms with Gasteiger partial charge in [-0.05, 0) is 94.4 Å². The van der Waals surface area contributed by atoms with Gasteiger partial charge in [-0.1, -0.05) is 6.42 Å². The average Bonchev–Trinajstić information content (AvgIpc) is 2.79. The molecule has 0 radical (unpaired) electrons. The normalized spacial score (nSPS) is 14.7. The summed E-state index contributed by atoms with van der Waals surface area (Å²) < 4.78 is 33.1. The number of carbonyl (C=O) groups excluding carboxylic acids is 1. The minimum absolute atomic E-state index is 0.100. The van der Waals surface area contributed by atoms with Crippen LogP contribution in [0.25, 0.3) is 0 Å². The van der Waals surface area contributed by atoms with Crippen LogP contribution in [0.3, 0.4) is 0 Å². The highest BCUT2D eigenvalue weighted by Gasteiger charge is 2.15. The molecular weight excluding hydrogens is 414 g/mol. The molecule has 1 saturated heterocycles. The van der Waals surface area contributed by atoms with E-state index < -0.39 is 10.0 Å². The second-order valence-corrected chi connectivity index (χ2v) is 9.28. The second kappa shape index (κ2) is 11.2. The van der Waals surface area contributed by atoms with E-state index in [0.717, 1.165) is 26.1 Å². The Morgan fingerprint density at radius 1 is 1.00 bits per heavy atom. The lowest BCUT2D eigenvalue weighted by Gasteiger charge is -2.26. The molecule has 2 aromatic carbocycles. The zero-order valence-corrected chi connectivity index (χ0v) is 18.8. The molecule has 0 unspecified atom stereocenters. The van der Waals surface area contributed by atoms with E-state index in [2.05, 4.69) is 14.9 Å². The third-order valence-corrected chi connectivity index (χ3v) is 6.63. The number of sulfonamides is 1. The molecule has 1 fully saturated rings. The molecule has 0 aliphatic carbocycles. The molecule has 0 atom stereocenters. The van der Waals surface area contributed by atoms with E-state index in [1.807, 2.05) is 6.92 Å². The van der Waals surface area contributed by atoms with Gasteiger partial charge in [0.05, 0.1) is 11.5 Å². The van der Waals surface area contributed by atoms with Gasteiger partial charge in [-0.15, -0.1) is 0 Å². The Bertz CT molecular complexity index is 938. The Hall–Kier alpha value is -2.58. The lowest BCUT2D eigenvalue weighted by molar-refractivity contribution is 0.0951. The molecule has 168 valence electrons. The molecule has 1 aliphatic heterocycles. The Kier molecular flexibility index (Phi) is 8.31. The number of hydrogen-bond acceptors (Lipinski definition) is 5. The average molecular weight is 446 g/mol. The zero-order valence-electron chi connectivity index (χ0n) is 18.0. The molecule has 0 bridgehead atoms. The molecule has 0 spiro atoms. The summed E-state index contributed by atoms with van der Waals surface area (Å²) in [6.45, 7) is 6.33. The molecule has 0 aromatic heterocycles. The Balaban J connectivity index is 1.50. The number of nitrogens with one attached hydrogen (secondary N) is 2. The summed E-state index contributed by atoms with van der Waals surface area (Å²) in [7, 11) is -3.74. The molecule has 2 N–H and O–H groups in total. The number of rotatable bonds is 10. The fourth-order valence-electron chi connectivity index (χ4n) is 3.58. The molecule has 7 nitrogen and oxygen atoms in total. The first-order valence-corrected chi connectivity index (χ1v) is 12.3. The van der Waals surface area contributed by atoms with Crippen LogP contribution < -0.4 is 14.8 Å². The lowest BCUT2D eigenvalue weighted by Crippen LogP contribution is -2.33. The van der Waals surface area contributed by atoms with Gasteiger partial charge in [0.25, 0.3) is 15.9 Å². The van der Waals surface area contributed by atoms with Crippen molar-refractivity contribution in [3.63, 3.8) is 0 Å². The van der Waals surface area contributed by atoms with Crippen LogP contribution in [0.2, 0.25) is 0 Å². The van der Waals surface area contributed by atoms with E-state index >= 15 is 0 Å². The lowest BCUT2D eigenvalue weighted by atomic mass is 10.1. The highest BCUT2D eigenvalue weighted by molar-refractivity contribution is 7.92. The van der Waals surface area contributed by atoms with Crippen LogP contribution >= 0.6 is 0 Å². The van der Waals surface area contributed by atoms with Crippen LogP contribution in [-0.2, 0) is 10.0 Å². The number of likely N-dealkylation sites (tertiary alicyclic amines) is 1. The minimum atomic E-state index is -3.74. The molecule has 8 heteroatoms. The summed E-state index contributed by atoms with van der Waals surface area (Å²) in [5, 5.41) is 2.91. The summed E-state index contributed by atoms with van der Waals surface area (Å²) in [5.74, 6) is 0.485. The molecule has 0 saturated carbocycles. The molecule has 1 heterocycles. The first kappa shape index (κ1) is 23.1. The van der Waals surface area contributed by atoms with E-state index in [1.165, 1.54) is 43.5 Å². The molecule has 1 aliphatic rings. The van der Waals surface area contributed by atoms with Crippen LogP contribution in [0.1, 0.15) is 43.0 Å². The van der Waals surface area contributed by atoms with Crippen molar-refractivity contribution in [1.29, 1.82) is 0 Å². The van der Waals surface area contributed by atoms with Crippen LogP contribution in [0.4, 0.5) is 5.69 Å². The van der Waals surface area contributed by atoms with Gasteiger partial charge in [-0.2, -0.15) is 0 Å². The smallest absolute Gasteiger partial charge is 0.261 e. The predicted octanol–water partition coefficient (Wildman–Crippen LogP) is 3.49. The van der Waals surface area contributed by atoms with E-state index in [-0.39, 0.29) is 10.8 Å². The third-order valence-electron chi connectivity index (χ3n) is 5.23. The molecule has 31 heavy (non-hydrogen) atoms. The number of benzene rings is 2. The molecular formula is C23H31N3O4S. The summed E-state index contributed by atoms with van der Waals surface area (Å²) >= 11 is 0. The van der Waals surface area contributed by atoms with E-state index in [9.17, 15) is 13.2 Å². The van der Waals surface area contributed by atoms with Gasteiger partial charge in [-0.3, -0.25) is 9.52 Å². The van der Waals surface area contributed by atoms with Crippen molar-refractivity contribution in [1.82, 2.24) is 10.2 Å². The fraction of sp³-hybridized carbons (Fsp3) is 0.435. The van der Waals surface area contributed by atoms with E-state index in [0.29, 0.717) is 30.2 Å². The molecule has 3 rings (SSSR count). The number of amides is 1. The second-order valence-electron chi connectivity index (χ2n) is 7.60. The monoisotopic (exact) mass is 445 g/mol. The number of hydrogen-bond donors (Lipinski definition) is 2. The molecule has 2 aromatic rings. The summed E-state index contributed by atoms with van der Waals surface area (Å²) in [5.41, 5.74) is 0.886. The quantitative estimate of drug-likeness (QED) is 0.547. The SMILES string of the molecule is CCOc1ccc(NS(=O)(=O)c2ccc(C(=O)NCCCN3CCCCC3)cc2)cc1. The van der Waals surface area contributed by atoms with E-state index in [1.54, 1.807) is 24.3 Å². The van der Waals surface area contributed by atoms with Gasteiger partial charge in [-0.25, -0.2) is 8.42 Å². The van der Waals surface area contributed by atoms with Crippen molar-refractivity contribution in [3.05, 3.63) is 54.1 Å². The highest BCUT2D eigenvalue weighted by Crippen LogP contribution is 2.20. The van der Waals surface area contributed by atoms with Gasteiger partial charge in [0.1, 0.15) is 5.75 Å². The van der Waals surface area contributed by atoms with Crippen molar-refractivity contribution in [2.24, 2.45) is 0 Å². The Morgan fingerprint density at radius 2 is 1.68 bits per heavy atom. The van der Waals surface area contributed by atoms with Gasteiger partial charge >= 0.3 is 0 Å². The number of carbonyl (C=O) groups is 1. The van der Waals surface area contributed by atoms with Crippen molar-refractivity contribution >= 4 is 21.6 Å². The first-order valence-electron chi connectivity index (χ1n) is 10.8. The van der Waals surface area contributed by atoms with Crippen molar-refractivity contribution in [3.8, 4) is 5.75 Å². The maximum Gasteiger partial charge on any atom is 0.261 e. The van der Waals surface area contributed by atoms with Crippen LogP contribution in [0.15, 0.2) is 53.4 Å². The van der Waals surface area contributed by atoms with Gasteiger partial charge in [0.15, 0.2) is 0 Å². The topological polar surface area (TPSA) is 87.7 Å². The van der Waals surface area contributed by atoms with Gasteiger partial charge in [0.2, 0.25) is 0 Å². The minimum Gasteiger partial charge on any atom is -0.494 e. The van der Waals surface area contributed by atoms with Crippen LogP contribution in [0.5, 0.6) is 5.75 Å². The highest BCUT2D eigenvalue weighted by atomic mass is 32.2.